The molecule has 6 rings (SSSR count). The molecule has 1 unspecified atom stereocenters. The van der Waals surface area contributed by atoms with Gasteiger partial charge in [-0.05, 0) is 47.1 Å². The third-order valence-corrected chi connectivity index (χ3v) is 6.81. The van der Waals surface area contributed by atoms with E-state index in [9.17, 15) is 14.7 Å². The molecule has 1 N–H and O–H groups in total. The summed E-state index contributed by atoms with van der Waals surface area (Å²) in [5.41, 5.74) is 5.62. The Balaban J connectivity index is 1.70. The highest BCUT2D eigenvalue weighted by Gasteiger charge is 2.39. The van der Waals surface area contributed by atoms with E-state index in [1.165, 1.54) is 33.9 Å². The van der Waals surface area contributed by atoms with Crippen molar-refractivity contribution in [3.05, 3.63) is 105 Å². The summed E-state index contributed by atoms with van der Waals surface area (Å²) in [4.78, 5) is 27.2. The van der Waals surface area contributed by atoms with Gasteiger partial charge >= 0.3 is 0 Å². The molecule has 0 saturated heterocycles. The van der Waals surface area contributed by atoms with Crippen LogP contribution in [0.25, 0.3) is 6.08 Å². The van der Waals surface area contributed by atoms with E-state index >= 15 is 0 Å². The molecule has 32 heavy (non-hydrogen) atoms. The molecule has 1 atom stereocenters. The summed E-state index contributed by atoms with van der Waals surface area (Å²) >= 11 is 0. The van der Waals surface area contributed by atoms with E-state index in [0.29, 0.717) is 19.6 Å². The number of nitrogens with zero attached hydrogens (tertiary/aromatic N) is 3. The fraction of sp³-hybridized carbons (Fsp3) is 0.231. The van der Waals surface area contributed by atoms with Gasteiger partial charge in [0.1, 0.15) is 6.67 Å². The Bertz CT molecular complexity index is 1340. The monoisotopic (exact) mass is 425 g/mol. The number of aromatic nitrogens is 1. The highest BCUT2D eigenvalue weighted by molar-refractivity contribution is 5.96. The maximum absolute atomic E-state index is 13.3. The van der Waals surface area contributed by atoms with Gasteiger partial charge in [-0.3, -0.25) is 19.3 Å². The summed E-state index contributed by atoms with van der Waals surface area (Å²) in [5, 5.41) is 12.7. The molecule has 1 aliphatic carbocycles. The summed E-state index contributed by atoms with van der Waals surface area (Å²) in [6.45, 7) is 0.881. The molecule has 3 aromatic rings. The molecule has 1 aromatic heterocycles. The van der Waals surface area contributed by atoms with Crippen molar-refractivity contribution in [3.8, 4) is 5.75 Å². The zero-order valence-electron chi connectivity index (χ0n) is 17.6. The Morgan fingerprint density at radius 1 is 0.938 bits per heavy atom. The average molecular weight is 425 g/mol. The molecular weight excluding hydrogens is 402 g/mol. The Hall–Kier alpha value is -3.80. The quantitative estimate of drug-likeness (QED) is 0.601. The number of amides is 1. The van der Waals surface area contributed by atoms with Gasteiger partial charge in [0.2, 0.25) is 5.43 Å². The largest absolute Gasteiger partial charge is 0.502 e. The van der Waals surface area contributed by atoms with E-state index < -0.39 is 11.2 Å². The number of aromatic hydroxyl groups is 1. The Morgan fingerprint density at radius 2 is 1.75 bits per heavy atom. The van der Waals surface area contributed by atoms with Crippen LogP contribution in [0.15, 0.2) is 65.6 Å². The van der Waals surface area contributed by atoms with Crippen LogP contribution in [-0.2, 0) is 12.8 Å². The van der Waals surface area contributed by atoms with E-state index in [0.717, 1.165) is 12.8 Å². The molecule has 2 bridgehead atoms. The average Bonchev–Trinajstić information content (AvgIpc) is 2.97. The van der Waals surface area contributed by atoms with Gasteiger partial charge < -0.3 is 10.0 Å². The number of hydrogen-bond acceptors (Lipinski definition) is 4. The molecule has 6 heteroatoms. The lowest BCUT2D eigenvalue weighted by Gasteiger charge is -2.45. The van der Waals surface area contributed by atoms with Crippen molar-refractivity contribution in [3.63, 3.8) is 0 Å². The third kappa shape index (κ3) is 2.72. The third-order valence-electron chi connectivity index (χ3n) is 6.81. The number of rotatable bonds is 0. The van der Waals surface area contributed by atoms with Crippen LogP contribution < -0.4 is 10.4 Å². The van der Waals surface area contributed by atoms with Gasteiger partial charge in [-0.25, -0.2) is 0 Å². The SMILES string of the molecule is O=C1c2c(O)c(=O)ccn2N2CN1CCC=Cc1cccc3c1C2c1ccccc1CC3. The molecule has 6 nitrogen and oxygen atoms in total. The van der Waals surface area contributed by atoms with Crippen molar-refractivity contribution in [2.24, 2.45) is 0 Å². The topological polar surface area (TPSA) is 65.8 Å². The molecule has 3 heterocycles. The predicted molar refractivity (Wildman–Crippen MR) is 122 cm³/mol. The molecule has 1 amide bonds. The summed E-state index contributed by atoms with van der Waals surface area (Å²) in [6, 6.07) is 16.1. The maximum Gasteiger partial charge on any atom is 0.277 e. The first kappa shape index (κ1) is 18.9. The normalized spacial score (nSPS) is 19.0. The summed E-state index contributed by atoms with van der Waals surface area (Å²) in [5.74, 6) is -0.809. The fourth-order valence-electron chi connectivity index (χ4n) is 5.30. The van der Waals surface area contributed by atoms with Gasteiger partial charge in [0, 0.05) is 18.8 Å². The van der Waals surface area contributed by atoms with Crippen LogP contribution in [0, 0.1) is 0 Å². The molecule has 0 fully saturated rings. The first-order valence-corrected chi connectivity index (χ1v) is 11.0. The molecule has 3 aliphatic rings. The number of fused-ring (bicyclic) bond motifs is 7. The number of pyridine rings is 1. The van der Waals surface area contributed by atoms with Crippen LogP contribution in [-0.4, -0.2) is 33.8 Å². The zero-order chi connectivity index (χ0) is 21.8. The first-order valence-electron chi connectivity index (χ1n) is 11.0. The minimum atomic E-state index is -0.541. The Labute approximate surface area is 185 Å². The Morgan fingerprint density at radius 3 is 2.66 bits per heavy atom. The van der Waals surface area contributed by atoms with Gasteiger partial charge in [-0.15, -0.1) is 0 Å². The summed E-state index contributed by atoms with van der Waals surface area (Å²) < 4.78 is 1.69. The number of hydrogen-bond donors (Lipinski definition) is 1. The van der Waals surface area contributed by atoms with Crippen molar-refractivity contribution in [2.45, 2.75) is 25.3 Å². The minimum absolute atomic E-state index is 0.0362. The predicted octanol–water partition coefficient (Wildman–Crippen LogP) is 3.21. The lowest BCUT2D eigenvalue weighted by molar-refractivity contribution is 0.0683. The standard InChI is InChI=1S/C26H23N3O3/c30-21-13-15-28-24(25(21)31)26(32)27-14-4-3-7-18-8-5-9-19-12-11-17-6-1-2-10-20(17)23(22(18)19)29(28)16-27/h1-3,5-10,13,15,23,31H,4,11-12,14,16H2. The van der Waals surface area contributed by atoms with Gasteiger partial charge in [0.05, 0.1) is 6.04 Å². The number of benzene rings is 2. The van der Waals surface area contributed by atoms with Crippen LogP contribution in [0.5, 0.6) is 5.75 Å². The molecule has 0 spiro atoms. The Kier molecular flexibility index (Phi) is 4.21. The summed E-state index contributed by atoms with van der Waals surface area (Å²) in [7, 11) is 0. The molecule has 160 valence electrons. The van der Waals surface area contributed by atoms with Gasteiger partial charge in [-0.1, -0.05) is 54.6 Å². The van der Waals surface area contributed by atoms with E-state index in [2.05, 4.69) is 59.6 Å². The lowest BCUT2D eigenvalue weighted by atomic mass is 9.89. The first-order chi connectivity index (χ1) is 15.6. The molecule has 0 radical (unpaired) electrons. The van der Waals surface area contributed by atoms with E-state index in [4.69, 9.17) is 0 Å². The highest BCUT2D eigenvalue weighted by Crippen LogP contribution is 2.40. The van der Waals surface area contributed by atoms with Crippen molar-refractivity contribution in [1.82, 2.24) is 9.58 Å². The van der Waals surface area contributed by atoms with Crippen LogP contribution >= 0.6 is 0 Å². The molecular formula is C26H23N3O3. The molecule has 2 aliphatic heterocycles. The highest BCUT2D eigenvalue weighted by atomic mass is 16.3. The van der Waals surface area contributed by atoms with Crippen LogP contribution in [0.4, 0.5) is 0 Å². The van der Waals surface area contributed by atoms with Crippen LogP contribution in [0.1, 0.15) is 50.8 Å². The second-order valence-electron chi connectivity index (χ2n) is 8.58. The fourth-order valence-corrected chi connectivity index (χ4v) is 5.30. The number of aryl methyl sites for hydroxylation is 2. The van der Waals surface area contributed by atoms with Crippen molar-refractivity contribution >= 4 is 12.0 Å². The minimum Gasteiger partial charge on any atom is -0.502 e. The van der Waals surface area contributed by atoms with Gasteiger partial charge in [0.15, 0.2) is 11.4 Å². The van der Waals surface area contributed by atoms with E-state index in [1.54, 1.807) is 15.8 Å². The van der Waals surface area contributed by atoms with Crippen LogP contribution in [0.3, 0.4) is 0 Å². The molecule has 0 saturated carbocycles. The lowest BCUT2D eigenvalue weighted by Crippen LogP contribution is -2.55. The maximum atomic E-state index is 13.3. The zero-order valence-corrected chi connectivity index (χ0v) is 17.6. The van der Waals surface area contributed by atoms with E-state index in [-0.39, 0.29) is 17.6 Å². The smallest absolute Gasteiger partial charge is 0.277 e. The van der Waals surface area contributed by atoms with Crippen molar-refractivity contribution in [1.29, 1.82) is 0 Å². The van der Waals surface area contributed by atoms with Gasteiger partial charge in [-0.2, -0.15) is 0 Å². The van der Waals surface area contributed by atoms with Crippen molar-refractivity contribution in [2.75, 3.05) is 18.2 Å². The van der Waals surface area contributed by atoms with E-state index in [1.807, 2.05) is 0 Å². The molecule has 2 aromatic carbocycles. The number of carbonyl (C=O) groups is 1. The second-order valence-corrected chi connectivity index (χ2v) is 8.58. The van der Waals surface area contributed by atoms with Crippen molar-refractivity contribution < 1.29 is 9.90 Å². The van der Waals surface area contributed by atoms with Crippen LogP contribution in [0.2, 0.25) is 0 Å². The summed E-state index contributed by atoms with van der Waals surface area (Å²) in [6.07, 6.45) is 8.46. The second kappa shape index (κ2) is 7.12. The van der Waals surface area contributed by atoms with Gasteiger partial charge in [0.25, 0.3) is 5.91 Å². The number of carbonyl (C=O) groups excluding carboxylic acids is 1.